The first-order chi connectivity index (χ1) is 8.95. The minimum atomic E-state index is -0.882. The third-order valence-electron chi connectivity index (χ3n) is 2.73. The number of carboxylic acids is 1. The van der Waals surface area contributed by atoms with Crippen LogP contribution in [0.15, 0.2) is 18.2 Å². The van der Waals surface area contributed by atoms with Crippen LogP contribution in [0.5, 0.6) is 5.75 Å². The molecule has 0 aliphatic carbocycles. The summed E-state index contributed by atoms with van der Waals surface area (Å²) in [6, 6.07) is 4.08. The summed E-state index contributed by atoms with van der Waals surface area (Å²) in [6.45, 7) is 0. The highest BCUT2D eigenvalue weighted by Gasteiger charge is 2.17. The van der Waals surface area contributed by atoms with Crippen molar-refractivity contribution < 1.29 is 19.6 Å². The van der Waals surface area contributed by atoms with Gasteiger partial charge in [0.15, 0.2) is 5.75 Å². The van der Waals surface area contributed by atoms with E-state index < -0.39 is 16.9 Å². The number of hydrogen-bond donors (Lipinski definition) is 2. The molecule has 0 radical (unpaired) electrons. The molecule has 0 amide bonds. The average molecular weight is 268 g/mol. The summed E-state index contributed by atoms with van der Waals surface area (Å²) in [4.78, 5) is 20.7. The van der Waals surface area contributed by atoms with E-state index >= 15 is 0 Å². The number of benzene rings is 1. The fourth-order valence-corrected chi connectivity index (χ4v) is 1.72. The van der Waals surface area contributed by atoms with Crippen molar-refractivity contribution in [3.05, 3.63) is 33.9 Å². The molecule has 0 bridgehead atoms. The predicted molar refractivity (Wildman–Crippen MR) is 68.1 cm³/mol. The fourth-order valence-electron chi connectivity index (χ4n) is 1.72. The average Bonchev–Trinajstić information content (AvgIpc) is 2.37. The largest absolute Gasteiger partial charge is 0.490 e. The van der Waals surface area contributed by atoms with Gasteiger partial charge in [0.25, 0.3) is 0 Å². The van der Waals surface area contributed by atoms with Gasteiger partial charge in [-0.05, 0) is 24.5 Å². The van der Waals surface area contributed by atoms with Crippen molar-refractivity contribution in [2.24, 2.45) is 5.73 Å². The Bertz CT molecular complexity index is 475. The van der Waals surface area contributed by atoms with Crippen molar-refractivity contribution in [3.63, 3.8) is 0 Å². The Hall–Kier alpha value is -2.15. The summed E-state index contributed by atoms with van der Waals surface area (Å²) in [5.41, 5.74) is 6.34. The summed E-state index contributed by atoms with van der Waals surface area (Å²) < 4.78 is 4.89. The molecule has 1 aromatic carbocycles. The summed E-state index contributed by atoms with van der Waals surface area (Å²) in [6.07, 6.45) is 0.915. The van der Waals surface area contributed by atoms with Gasteiger partial charge in [-0.1, -0.05) is 6.07 Å². The summed E-state index contributed by atoms with van der Waals surface area (Å²) in [5, 5.41) is 19.4. The Morgan fingerprint density at radius 1 is 1.58 bits per heavy atom. The monoisotopic (exact) mass is 268 g/mol. The molecule has 0 saturated carbocycles. The van der Waals surface area contributed by atoms with E-state index in [1.807, 2.05) is 0 Å². The minimum absolute atomic E-state index is 0.0337. The quantitative estimate of drug-likeness (QED) is 0.576. The third kappa shape index (κ3) is 4.22. The second kappa shape index (κ2) is 6.69. The van der Waals surface area contributed by atoms with E-state index in [0.717, 1.165) is 0 Å². The molecule has 1 aromatic rings. The molecule has 7 heteroatoms. The van der Waals surface area contributed by atoms with Crippen LogP contribution in [0.4, 0.5) is 5.69 Å². The lowest BCUT2D eigenvalue weighted by molar-refractivity contribution is -0.385. The van der Waals surface area contributed by atoms with Crippen LogP contribution in [0.3, 0.4) is 0 Å². The second-order valence-corrected chi connectivity index (χ2v) is 4.08. The number of nitro groups is 1. The Morgan fingerprint density at radius 3 is 2.79 bits per heavy atom. The molecule has 0 spiro atoms. The van der Waals surface area contributed by atoms with Crippen molar-refractivity contribution in [1.29, 1.82) is 0 Å². The van der Waals surface area contributed by atoms with Crippen LogP contribution in [0.1, 0.15) is 30.9 Å². The smallest absolute Gasteiger partial charge is 0.311 e. The van der Waals surface area contributed by atoms with E-state index in [4.69, 9.17) is 15.6 Å². The van der Waals surface area contributed by atoms with Gasteiger partial charge in [-0.3, -0.25) is 14.9 Å². The van der Waals surface area contributed by atoms with Gasteiger partial charge in [0.1, 0.15) is 0 Å². The number of ether oxygens (including phenoxy) is 1. The van der Waals surface area contributed by atoms with Crippen LogP contribution in [-0.4, -0.2) is 23.1 Å². The van der Waals surface area contributed by atoms with Crippen LogP contribution in [-0.2, 0) is 4.79 Å². The van der Waals surface area contributed by atoms with E-state index in [1.165, 1.54) is 19.2 Å². The lowest BCUT2D eigenvalue weighted by Crippen LogP contribution is -2.11. The first kappa shape index (κ1) is 14.9. The zero-order chi connectivity index (χ0) is 14.4. The van der Waals surface area contributed by atoms with Crippen LogP contribution in [0, 0.1) is 10.1 Å². The SMILES string of the molecule is COc1ccc(C(N)CCCC(=O)O)cc1[N+](=O)[O-]. The van der Waals surface area contributed by atoms with Crippen LogP contribution < -0.4 is 10.5 Å². The van der Waals surface area contributed by atoms with Gasteiger partial charge < -0.3 is 15.6 Å². The number of methoxy groups -OCH3 is 1. The van der Waals surface area contributed by atoms with E-state index in [0.29, 0.717) is 18.4 Å². The molecule has 0 aliphatic rings. The van der Waals surface area contributed by atoms with Gasteiger partial charge in [-0.15, -0.1) is 0 Å². The molecule has 0 fully saturated rings. The number of nitrogens with zero attached hydrogens (tertiary/aromatic N) is 1. The van der Waals surface area contributed by atoms with Crippen molar-refractivity contribution in [2.45, 2.75) is 25.3 Å². The molecule has 0 aliphatic heterocycles. The van der Waals surface area contributed by atoms with E-state index in [9.17, 15) is 14.9 Å². The highest BCUT2D eigenvalue weighted by Crippen LogP contribution is 2.30. The topological polar surface area (TPSA) is 116 Å². The Balaban J connectivity index is 2.80. The molecular weight excluding hydrogens is 252 g/mol. The van der Waals surface area contributed by atoms with Gasteiger partial charge in [0.2, 0.25) is 0 Å². The lowest BCUT2D eigenvalue weighted by atomic mass is 10.0. The number of carbonyl (C=O) groups is 1. The van der Waals surface area contributed by atoms with Gasteiger partial charge in [-0.25, -0.2) is 0 Å². The molecule has 1 unspecified atom stereocenters. The highest BCUT2D eigenvalue weighted by atomic mass is 16.6. The van der Waals surface area contributed by atoms with Crippen LogP contribution in [0.2, 0.25) is 0 Å². The molecular formula is C12H16N2O5. The summed E-state index contributed by atoms with van der Waals surface area (Å²) in [7, 11) is 1.36. The van der Waals surface area contributed by atoms with E-state index in [-0.39, 0.29) is 17.9 Å². The lowest BCUT2D eigenvalue weighted by Gasteiger charge is -2.12. The zero-order valence-electron chi connectivity index (χ0n) is 10.5. The van der Waals surface area contributed by atoms with Gasteiger partial charge >= 0.3 is 11.7 Å². The Kier molecular flexibility index (Phi) is 5.25. The molecule has 1 atom stereocenters. The number of nitrogens with two attached hydrogens (primary N) is 1. The molecule has 3 N–H and O–H groups in total. The first-order valence-electron chi connectivity index (χ1n) is 5.75. The first-order valence-corrected chi connectivity index (χ1v) is 5.75. The van der Waals surface area contributed by atoms with Gasteiger partial charge in [-0.2, -0.15) is 0 Å². The Morgan fingerprint density at radius 2 is 2.26 bits per heavy atom. The highest BCUT2D eigenvalue weighted by molar-refractivity contribution is 5.66. The Labute approximate surface area is 110 Å². The molecule has 0 heterocycles. The number of hydrogen-bond acceptors (Lipinski definition) is 5. The maximum Gasteiger partial charge on any atom is 0.311 e. The number of aliphatic carboxylic acids is 1. The predicted octanol–water partition coefficient (Wildman–Crippen LogP) is 1.86. The van der Waals surface area contributed by atoms with Gasteiger partial charge in [0, 0.05) is 18.5 Å². The summed E-state index contributed by atoms with van der Waals surface area (Å²) >= 11 is 0. The van der Waals surface area contributed by atoms with Crippen LogP contribution in [0.25, 0.3) is 0 Å². The third-order valence-corrected chi connectivity index (χ3v) is 2.73. The maximum absolute atomic E-state index is 10.9. The molecule has 7 nitrogen and oxygen atoms in total. The molecule has 104 valence electrons. The number of nitro benzene ring substituents is 1. The van der Waals surface area contributed by atoms with Crippen molar-refractivity contribution >= 4 is 11.7 Å². The van der Waals surface area contributed by atoms with Crippen molar-refractivity contribution in [2.75, 3.05) is 7.11 Å². The van der Waals surface area contributed by atoms with Crippen molar-refractivity contribution in [3.8, 4) is 5.75 Å². The summed E-state index contributed by atoms with van der Waals surface area (Å²) in [5.74, 6) is -0.709. The normalized spacial score (nSPS) is 11.9. The molecule has 0 aromatic heterocycles. The molecule has 19 heavy (non-hydrogen) atoms. The van der Waals surface area contributed by atoms with Crippen LogP contribution >= 0.6 is 0 Å². The fraction of sp³-hybridized carbons (Fsp3) is 0.417. The standard InChI is InChI=1S/C12H16N2O5/c1-19-11-6-5-8(7-10(11)14(17)18)9(13)3-2-4-12(15)16/h5-7,9H,2-4,13H2,1H3,(H,15,16). The maximum atomic E-state index is 10.9. The van der Waals surface area contributed by atoms with E-state index in [2.05, 4.69) is 0 Å². The minimum Gasteiger partial charge on any atom is -0.490 e. The zero-order valence-corrected chi connectivity index (χ0v) is 10.5. The number of carboxylic acid groups (broad SMARTS) is 1. The molecule has 0 saturated heterocycles. The van der Waals surface area contributed by atoms with Gasteiger partial charge in [0.05, 0.1) is 12.0 Å². The molecule has 1 rings (SSSR count). The van der Waals surface area contributed by atoms with E-state index in [1.54, 1.807) is 6.07 Å². The second-order valence-electron chi connectivity index (χ2n) is 4.08. The van der Waals surface area contributed by atoms with Crippen molar-refractivity contribution in [1.82, 2.24) is 0 Å². The number of rotatable bonds is 7.